The number of rotatable bonds is 1. The van der Waals surface area contributed by atoms with Crippen LogP contribution < -0.4 is 0 Å². The lowest BCUT2D eigenvalue weighted by atomic mass is 9.77. The third-order valence-electron chi connectivity index (χ3n) is 4.70. The number of hydrogen-bond acceptors (Lipinski definition) is 2. The minimum Gasteiger partial charge on any atom is -0.444 e. The number of carbonyl (C=O) groups is 1. The van der Waals surface area contributed by atoms with Gasteiger partial charge in [-0.25, -0.2) is 4.79 Å². The molecule has 0 N–H and O–H groups in total. The molecule has 2 unspecified atom stereocenters. The first-order valence-electron chi connectivity index (χ1n) is 7.88. The highest BCUT2D eigenvalue weighted by Gasteiger charge is 2.39. The number of amides is 1. The van der Waals surface area contributed by atoms with Crippen LogP contribution in [0.3, 0.4) is 0 Å². The third kappa shape index (κ3) is 3.64. The summed E-state index contributed by atoms with van der Waals surface area (Å²) in [6.45, 7) is 8.88. The predicted octanol–water partition coefficient (Wildman–Crippen LogP) is 4.21. The third-order valence-corrected chi connectivity index (χ3v) is 4.70. The zero-order valence-electron chi connectivity index (χ0n) is 12.9. The summed E-state index contributed by atoms with van der Waals surface area (Å²) in [7, 11) is 0. The van der Waals surface area contributed by atoms with Gasteiger partial charge in [0.15, 0.2) is 0 Å². The quantitative estimate of drug-likeness (QED) is 0.712. The normalized spacial score (nSPS) is 29.6. The minimum atomic E-state index is -0.389. The fourth-order valence-corrected chi connectivity index (χ4v) is 3.73. The molecule has 0 aromatic rings. The highest BCUT2D eigenvalue weighted by atomic mass is 16.6. The van der Waals surface area contributed by atoms with E-state index in [1.54, 1.807) is 0 Å². The van der Waals surface area contributed by atoms with Crippen molar-refractivity contribution in [1.29, 1.82) is 0 Å². The Morgan fingerprint density at radius 1 is 1.11 bits per heavy atom. The highest BCUT2D eigenvalue weighted by molar-refractivity contribution is 5.69. The molecule has 110 valence electrons. The van der Waals surface area contributed by atoms with E-state index < -0.39 is 0 Å². The zero-order chi connectivity index (χ0) is 14.0. The van der Waals surface area contributed by atoms with Crippen molar-refractivity contribution < 1.29 is 9.53 Å². The van der Waals surface area contributed by atoms with Crippen LogP contribution in [0, 0.1) is 11.8 Å². The fourth-order valence-electron chi connectivity index (χ4n) is 3.73. The summed E-state index contributed by atoms with van der Waals surface area (Å²) in [6.07, 6.45) is 7.89. The van der Waals surface area contributed by atoms with Crippen molar-refractivity contribution in [2.24, 2.45) is 11.8 Å². The number of likely N-dealkylation sites (tertiary alicyclic amines) is 1. The molecular weight excluding hydrogens is 238 g/mol. The summed E-state index contributed by atoms with van der Waals surface area (Å²) >= 11 is 0. The van der Waals surface area contributed by atoms with E-state index in [4.69, 9.17) is 4.74 Å². The Hall–Kier alpha value is -0.730. The van der Waals surface area contributed by atoms with E-state index in [2.05, 4.69) is 6.92 Å². The summed E-state index contributed by atoms with van der Waals surface area (Å²) in [5.74, 6) is 1.52. The van der Waals surface area contributed by atoms with E-state index in [0.29, 0.717) is 12.0 Å². The van der Waals surface area contributed by atoms with Crippen LogP contribution in [-0.2, 0) is 4.74 Å². The average molecular weight is 267 g/mol. The van der Waals surface area contributed by atoms with Gasteiger partial charge < -0.3 is 9.64 Å². The van der Waals surface area contributed by atoms with Crippen LogP contribution in [0.1, 0.15) is 66.2 Å². The summed E-state index contributed by atoms with van der Waals surface area (Å²) in [5.41, 5.74) is -0.389. The van der Waals surface area contributed by atoms with Crippen LogP contribution in [0.5, 0.6) is 0 Å². The first kappa shape index (κ1) is 14.7. The Balaban J connectivity index is 1.93. The molecule has 1 amide bonds. The maximum absolute atomic E-state index is 12.2. The van der Waals surface area contributed by atoms with Crippen LogP contribution in [0.25, 0.3) is 0 Å². The van der Waals surface area contributed by atoms with Crippen LogP contribution in [0.4, 0.5) is 4.79 Å². The van der Waals surface area contributed by atoms with Gasteiger partial charge in [0, 0.05) is 12.6 Å². The molecule has 0 aromatic carbocycles. The maximum Gasteiger partial charge on any atom is 0.410 e. The standard InChI is InChI=1S/C16H29NO2/c1-12-14(13-8-6-5-7-9-13)10-11-17(12)15(18)19-16(2,3)4/h12-14H,5-11H2,1-4H3. The van der Waals surface area contributed by atoms with E-state index in [1.807, 2.05) is 25.7 Å². The molecule has 1 aliphatic heterocycles. The van der Waals surface area contributed by atoms with E-state index in [1.165, 1.54) is 32.1 Å². The summed E-state index contributed by atoms with van der Waals surface area (Å²) < 4.78 is 5.51. The Labute approximate surface area is 117 Å². The molecule has 2 atom stereocenters. The second-order valence-electron chi connectivity index (χ2n) is 7.26. The maximum atomic E-state index is 12.2. The van der Waals surface area contributed by atoms with Gasteiger partial charge in [-0.2, -0.15) is 0 Å². The van der Waals surface area contributed by atoms with Crippen molar-refractivity contribution in [2.75, 3.05) is 6.54 Å². The van der Waals surface area contributed by atoms with Gasteiger partial charge in [0.1, 0.15) is 5.60 Å². The first-order valence-corrected chi connectivity index (χ1v) is 7.88. The molecule has 0 spiro atoms. The second kappa shape index (κ2) is 5.72. The molecular formula is C16H29NO2. The van der Waals surface area contributed by atoms with E-state index in [-0.39, 0.29) is 11.7 Å². The van der Waals surface area contributed by atoms with E-state index in [0.717, 1.165) is 18.9 Å². The molecule has 1 saturated heterocycles. The molecule has 19 heavy (non-hydrogen) atoms. The van der Waals surface area contributed by atoms with E-state index >= 15 is 0 Å². The van der Waals surface area contributed by atoms with E-state index in [9.17, 15) is 4.79 Å². The van der Waals surface area contributed by atoms with Crippen molar-refractivity contribution >= 4 is 6.09 Å². The zero-order valence-corrected chi connectivity index (χ0v) is 12.9. The molecule has 2 aliphatic rings. The molecule has 1 aliphatic carbocycles. The van der Waals surface area contributed by atoms with Gasteiger partial charge in [0.2, 0.25) is 0 Å². The molecule has 0 aromatic heterocycles. The van der Waals surface area contributed by atoms with Crippen LogP contribution in [0.15, 0.2) is 0 Å². The van der Waals surface area contributed by atoms with Crippen LogP contribution in [-0.4, -0.2) is 29.2 Å². The molecule has 3 nitrogen and oxygen atoms in total. The van der Waals surface area contributed by atoms with Gasteiger partial charge in [0.25, 0.3) is 0 Å². The van der Waals surface area contributed by atoms with Crippen molar-refractivity contribution in [1.82, 2.24) is 4.90 Å². The molecule has 3 heteroatoms. The topological polar surface area (TPSA) is 29.5 Å². The van der Waals surface area contributed by atoms with Crippen molar-refractivity contribution in [2.45, 2.75) is 77.9 Å². The molecule has 2 rings (SSSR count). The van der Waals surface area contributed by atoms with Gasteiger partial charge >= 0.3 is 6.09 Å². The van der Waals surface area contributed by atoms with Gasteiger partial charge in [-0.3, -0.25) is 0 Å². The Kier molecular flexibility index (Phi) is 4.42. The smallest absolute Gasteiger partial charge is 0.410 e. The molecule has 1 heterocycles. The summed E-state index contributed by atoms with van der Waals surface area (Å²) in [4.78, 5) is 14.2. The molecule has 1 saturated carbocycles. The first-order chi connectivity index (χ1) is 8.88. The SMILES string of the molecule is CC1C(C2CCCCC2)CCN1C(=O)OC(C)(C)C. The lowest BCUT2D eigenvalue weighted by Gasteiger charge is -2.33. The second-order valence-corrected chi connectivity index (χ2v) is 7.26. The monoisotopic (exact) mass is 267 g/mol. The Morgan fingerprint density at radius 3 is 2.32 bits per heavy atom. The van der Waals surface area contributed by atoms with Gasteiger partial charge in [-0.15, -0.1) is 0 Å². The lowest BCUT2D eigenvalue weighted by molar-refractivity contribution is 0.0206. The van der Waals surface area contributed by atoms with Crippen molar-refractivity contribution in [3.05, 3.63) is 0 Å². The van der Waals surface area contributed by atoms with Gasteiger partial charge in [-0.05, 0) is 46.0 Å². The van der Waals surface area contributed by atoms with Gasteiger partial charge in [-0.1, -0.05) is 32.1 Å². The lowest BCUT2D eigenvalue weighted by Crippen LogP contribution is -2.41. The summed E-state index contributed by atoms with van der Waals surface area (Å²) in [5, 5.41) is 0. The molecule has 2 fully saturated rings. The molecule has 0 bridgehead atoms. The highest BCUT2D eigenvalue weighted by Crippen LogP contribution is 2.39. The van der Waals surface area contributed by atoms with Crippen molar-refractivity contribution in [3.8, 4) is 0 Å². The number of hydrogen-bond donors (Lipinski definition) is 0. The number of nitrogens with zero attached hydrogens (tertiary/aromatic N) is 1. The largest absolute Gasteiger partial charge is 0.444 e. The number of carbonyl (C=O) groups excluding carboxylic acids is 1. The average Bonchev–Trinajstić information content (AvgIpc) is 2.70. The predicted molar refractivity (Wildman–Crippen MR) is 77.1 cm³/mol. The van der Waals surface area contributed by atoms with Gasteiger partial charge in [0.05, 0.1) is 0 Å². The number of ether oxygens (including phenoxy) is 1. The van der Waals surface area contributed by atoms with Crippen LogP contribution in [0.2, 0.25) is 0 Å². The Bertz CT molecular complexity index is 315. The van der Waals surface area contributed by atoms with Crippen molar-refractivity contribution in [3.63, 3.8) is 0 Å². The Morgan fingerprint density at radius 2 is 1.74 bits per heavy atom. The minimum absolute atomic E-state index is 0.127. The van der Waals surface area contributed by atoms with Crippen LogP contribution >= 0.6 is 0 Å². The fraction of sp³-hybridized carbons (Fsp3) is 0.938. The molecule has 0 radical (unpaired) electrons. The summed E-state index contributed by atoms with van der Waals surface area (Å²) in [6, 6.07) is 0.345.